The number of nitrogens with zero attached hydrogens (tertiary/aromatic N) is 1. The van der Waals surface area contributed by atoms with E-state index in [9.17, 15) is 19.5 Å². The monoisotopic (exact) mass is 416 g/mol. The van der Waals surface area contributed by atoms with Crippen molar-refractivity contribution in [1.82, 2.24) is 9.88 Å². The van der Waals surface area contributed by atoms with E-state index in [0.717, 1.165) is 25.7 Å². The zero-order valence-corrected chi connectivity index (χ0v) is 17.6. The molecule has 1 saturated carbocycles. The second-order valence-electron chi connectivity index (χ2n) is 7.66. The van der Waals surface area contributed by atoms with Gasteiger partial charge in [0.25, 0.3) is 11.5 Å². The Labute approximate surface area is 174 Å². The fraction of sp³-hybridized carbons (Fsp3) is 0.500. The summed E-state index contributed by atoms with van der Waals surface area (Å²) in [5, 5.41) is 13.0. The highest BCUT2D eigenvalue weighted by atomic mass is 16.5. The molecule has 8 nitrogen and oxygen atoms in total. The Kier molecular flexibility index (Phi) is 6.34. The van der Waals surface area contributed by atoms with Gasteiger partial charge in [-0.2, -0.15) is 0 Å². The third-order valence-electron chi connectivity index (χ3n) is 5.80. The van der Waals surface area contributed by atoms with Crippen LogP contribution in [-0.4, -0.2) is 41.3 Å². The fourth-order valence-electron chi connectivity index (χ4n) is 4.13. The number of benzene rings is 1. The Bertz CT molecular complexity index is 1020. The molecular formula is C22H28N2O6. The van der Waals surface area contributed by atoms with Gasteiger partial charge in [-0.3, -0.25) is 9.59 Å². The lowest BCUT2D eigenvalue weighted by molar-refractivity contribution is -0.144. The molecule has 8 heteroatoms. The quantitative estimate of drug-likeness (QED) is 0.685. The van der Waals surface area contributed by atoms with Crippen LogP contribution in [0.3, 0.4) is 0 Å². The molecular weight excluding hydrogens is 388 g/mol. The number of nitrogens with one attached hydrogen (secondary N) is 1. The number of rotatable bonds is 8. The molecule has 3 rings (SSSR count). The second kappa shape index (κ2) is 8.77. The maximum Gasteiger partial charge on any atom is 0.329 e. The van der Waals surface area contributed by atoms with Gasteiger partial charge in [0.15, 0.2) is 11.5 Å². The van der Waals surface area contributed by atoms with Gasteiger partial charge in [0.05, 0.1) is 19.7 Å². The summed E-state index contributed by atoms with van der Waals surface area (Å²) in [6, 6.07) is 4.98. The largest absolute Gasteiger partial charge is 0.493 e. The molecule has 0 bridgehead atoms. The number of unbranched alkanes of at least 4 members (excludes halogenated alkanes) is 1. The van der Waals surface area contributed by atoms with Crippen molar-refractivity contribution >= 4 is 22.8 Å². The molecule has 0 radical (unpaired) electrons. The van der Waals surface area contributed by atoms with Crippen LogP contribution < -0.4 is 20.3 Å². The molecule has 1 aliphatic rings. The number of aromatic nitrogens is 1. The Morgan fingerprint density at radius 3 is 2.47 bits per heavy atom. The van der Waals surface area contributed by atoms with Gasteiger partial charge in [0.2, 0.25) is 0 Å². The van der Waals surface area contributed by atoms with Crippen molar-refractivity contribution in [2.45, 2.75) is 57.5 Å². The predicted octanol–water partition coefficient (Wildman–Crippen LogP) is 2.95. The molecule has 1 aromatic carbocycles. The highest BCUT2D eigenvalue weighted by molar-refractivity contribution is 6.01. The average Bonchev–Trinajstić information content (AvgIpc) is 3.21. The van der Waals surface area contributed by atoms with Crippen LogP contribution in [0, 0.1) is 0 Å². The van der Waals surface area contributed by atoms with Crippen molar-refractivity contribution in [3.8, 4) is 11.5 Å². The Morgan fingerprint density at radius 2 is 1.90 bits per heavy atom. The van der Waals surface area contributed by atoms with Gasteiger partial charge in [-0.25, -0.2) is 4.79 Å². The number of fused-ring (bicyclic) bond motifs is 1. The van der Waals surface area contributed by atoms with E-state index in [1.54, 1.807) is 12.1 Å². The van der Waals surface area contributed by atoms with Crippen LogP contribution >= 0.6 is 0 Å². The lowest BCUT2D eigenvalue weighted by atomic mass is 9.97. The smallest absolute Gasteiger partial charge is 0.329 e. The second-order valence-corrected chi connectivity index (χ2v) is 7.66. The summed E-state index contributed by atoms with van der Waals surface area (Å²) < 4.78 is 12.4. The minimum atomic E-state index is -1.32. The summed E-state index contributed by atoms with van der Waals surface area (Å²) in [4.78, 5) is 38.2. The van der Waals surface area contributed by atoms with Crippen LogP contribution in [0.25, 0.3) is 10.9 Å². The molecule has 1 fully saturated rings. The van der Waals surface area contributed by atoms with E-state index < -0.39 is 23.0 Å². The summed E-state index contributed by atoms with van der Waals surface area (Å²) in [5.74, 6) is -0.811. The number of carbonyl (C=O) groups is 2. The molecule has 1 aliphatic carbocycles. The third-order valence-corrected chi connectivity index (χ3v) is 5.80. The number of pyridine rings is 1. The van der Waals surface area contributed by atoms with E-state index in [4.69, 9.17) is 9.47 Å². The average molecular weight is 416 g/mol. The minimum Gasteiger partial charge on any atom is -0.493 e. The van der Waals surface area contributed by atoms with Crippen LogP contribution in [0.4, 0.5) is 0 Å². The lowest BCUT2D eigenvalue weighted by Crippen LogP contribution is -2.53. The van der Waals surface area contributed by atoms with Gasteiger partial charge in [-0.1, -0.05) is 26.2 Å². The standard InChI is InChI=1S/C22H28N2O6/c1-4-5-12-24-17-14(8-9-16(29-2)18(17)30-3)13-15(20(24)26)19(25)23-22(21(27)28)10-6-7-11-22/h8-9,13H,4-7,10-12H2,1-3H3,(H,23,25)(H,27,28). The number of ether oxygens (including phenoxy) is 2. The SMILES string of the molecule is CCCCn1c(=O)c(C(=O)NC2(C(=O)O)CCCC2)cc2ccc(OC)c(OC)c21. The summed E-state index contributed by atoms with van der Waals surface area (Å²) in [6.45, 7) is 2.42. The number of carboxylic acids is 1. The van der Waals surface area contributed by atoms with Crippen molar-refractivity contribution < 1.29 is 24.2 Å². The first-order valence-electron chi connectivity index (χ1n) is 10.2. The summed E-state index contributed by atoms with van der Waals surface area (Å²) in [7, 11) is 3.02. The summed E-state index contributed by atoms with van der Waals surface area (Å²) in [5.41, 5.74) is -1.30. The van der Waals surface area contributed by atoms with Gasteiger partial charge >= 0.3 is 5.97 Å². The molecule has 162 valence electrons. The van der Waals surface area contributed by atoms with E-state index in [2.05, 4.69) is 5.32 Å². The molecule has 0 spiro atoms. The van der Waals surface area contributed by atoms with Gasteiger partial charge in [-0.05, 0) is 37.5 Å². The van der Waals surface area contributed by atoms with E-state index in [1.807, 2.05) is 6.92 Å². The van der Waals surface area contributed by atoms with E-state index in [1.165, 1.54) is 24.9 Å². The minimum absolute atomic E-state index is 0.0710. The number of hydrogen-bond donors (Lipinski definition) is 2. The lowest BCUT2D eigenvalue weighted by Gasteiger charge is -2.25. The molecule has 0 unspecified atom stereocenters. The van der Waals surface area contributed by atoms with Gasteiger partial charge in [0, 0.05) is 11.9 Å². The Balaban J connectivity index is 2.16. The van der Waals surface area contributed by atoms with Crippen molar-refractivity contribution in [3.05, 3.63) is 34.1 Å². The molecule has 2 aromatic rings. The molecule has 0 atom stereocenters. The maximum atomic E-state index is 13.3. The topological polar surface area (TPSA) is 107 Å². The number of amides is 1. The molecule has 1 heterocycles. The fourth-order valence-corrected chi connectivity index (χ4v) is 4.13. The van der Waals surface area contributed by atoms with Crippen LogP contribution in [0.1, 0.15) is 55.8 Å². The zero-order valence-electron chi connectivity index (χ0n) is 17.6. The molecule has 0 saturated heterocycles. The van der Waals surface area contributed by atoms with Crippen molar-refractivity contribution in [3.63, 3.8) is 0 Å². The zero-order chi connectivity index (χ0) is 21.9. The normalized spacial score (nSPS) is 15.2. The number of aryl methyl sites for hydroxylation is 1. The van der Waals surface area contributed by atoms with E-state index >= 15 is 0 Å². The van der Waals surface area contributed by atoms with Crippen LogP contribution in [0.2, 0.25) is 0 Å². The predicted molar refractivity (Wildman–Crippen MR) is 113 cm³/mol. The third kappa shape index (κ3) is 3.74. The van der Waals surface area contributed by atoms with Crippen molar-refractivity contribution in [1.29, 1.82) is 0 Å². The number of carbonyl (C=O) groups excluding carboxylic acids is 1. The van der Waals surface area contributed by atoms with Crippen LogP contribution in [0.5, 0.6) is 11.5 Å². The summed E-state index contributed by atoms with van der Waals surface area (Å²) >= 11 is 0. The number of carboxylic acid groups (broad SMARTS) is 1. The van der Waals surface area contributed by atoms with Crippen LogP contribution in [-0.2, 0) is 11.3 Å². The number of methoxy groups -OCH3 is 2. The molecule has 0 aliphatic heterocycles. The molecule has 30 heavy (non-hydrogen) atoms. The first-order chi connectivity index (χ1) is 14.4. The first kappa shape index (κ1) is 21.7. The van der Waals surface area contributed by atoms with E-state index in [-0.39, 0.29) is 5.56 Å². The number of aliphatic carboxylic acids is 1. The highest BCUT2D eigenvalue weighted by Crippen LogP contribution is 2.35. The van der Waals surface area contributed by atoms with Gasteiger partial charge < -0.3 is 24.5 Å². The van der Waals surface area contributed by atoms with Gasteiger partial charge in [0.1, 0.15) is 11.1 Å². The van der Waals surface area contributed by atoms with Crippen molar-refractivity contribution in [2.24, 2.45) is 0 Å². The van der Waals surface area contributed by atoms with Crippen LogP contribution in [0.15, 0.2) is 23.0 Å². The molecule has 1 aromatic heterocycles. The molecule has 1 amide bonds. The van der Waals surface area contributed by atoms with E-state index in [0.29, 0.717) is 41.8 Å². The first-order valence-corrected chi connectivity index (χ1v) is 10.2. The Hall–Kier alpha value is -3.03. The van der Waals surface area contributed by atoms with Gasteiger partial charge in [-0.15, -0.1) is 0 Å². The number of hydrogen-bond acceptors (Lipinski definition) is 5. The summed E-state index contributed by atoms with van der Waals surface area (Å²) in [6.07, 6.45) is 3.76. The highest BCUT2D eigenvalue weighted by Gasteiger charge is 2.43. The molecule has 2 N–H and O–H groups in total. The van der Waals surface area contributed by atoms with Crippen molar-refractivity contribution in [2.75, 3.05) is 14.2 Å². The Morgan fingerprint density at radius 1 is 1.20 bits per heavy atom. The maximum absolute atomic E-state index is 13.3.